The number of carbonyl (C=O) groups excluding carboxylic acids is 2. The molecule has 4 aromatic rings. The topological polar surface area (TPSA) is 120 Å². The van der Waals surface area contributed by atoms with E-state index in [0.717, 1.165) is 23.3 Å². The van der Waals surface area contributed by atoms with Crippen LogP contribution in [0.2, 0.25) is 0 Å². The average Bonchev–Trinajstić information content (AvgIpc) is 3.35. The van der Waals surface area contributed by atoms with Crippen LogP contribution in [0.1, 0.15) is 40.4 Å². The number of nitrogens with zero attached hydrogens (tertiary/aromatic N) is 4. The first-order valence-corrected chi connectivity index (χ1v) is 13.2. The summed E-state index contributed by atoms with van der Waals surface area (Å²) in [5, 5.41) is 11.2. The number of aryl methyl sites for hydroxylation is 2. The smallest absolute Gasteiger partial charge is 0.263 e. The molecule has 0 unspecified atom stereocenters. The molecule has 2 aromatic heterocycles. The van der Waals surface area contributed by atoms with Gasteiger partial charge in [-0.15, -0.1) is 21.5 Å². The highest BCUT2D eigenvalue weighted by molar-refractivity contribution is 7.15. The Morgan fingerprint density at radius 2 is 1.84 bits per heavy atom. The van der Waals surface area contributed by atoms with E-state index >= 15 is 0 Å². The predicted octanol–water partition coefficient (Wildman–Crippen LogP) is 5.00. The van der Waals surface area contributed by atoms with Gasteiger partial charge in [0, 0.05) is 54.2 Å². The van der Waals surface area contributed by atoms with Gasteiger partial charge < -0.3 is 18.8 Å². The van der Waals surface area contributed by atoms with E-state index in [1.807, 2.05) is 24.0 Å². The summed E-state index contributed by atoms with van der Waals surface area (Å²) in [5.41, 5.74) is 1.08. The van der Waals surface area contributed by atoms with E-state index in [1.165, 1.54) is 11.3 Å². The van der Waals surface area contributed by atoms with Crippen LogP contribution in [-0.4, -0.2) is 50.6 Å². The van der Waals surface area contributed by atoms with Gasteiger partial charge in [-0.05, 0) is 56.2 Å². The molecule has 0 bridgehead atoms. The lowest BCUT2D eigenvalue weighted by atomic mass is 10.1. The molecule has 0 spiro atoms. The highest BCUT2D eigenvalue weighted by Crippen LogP contribution is 2.34. The second kappa shape index (κ2) is 9.90. The zero-order valence-corrected chi connectivity index (χ0v) is 21.7. The molecule has 2 fully saturated rings. The van der Waals surface area contributed by atoms with Crippen LogP contribution in [0.3, 0.4) is 0 Å². The monoisotopic (exact) mass is 531 g/mol. The van der Waals surface area contributed by atoms with E-state index in [4.69, 9.17) is 13.9 Å². The number of carbonyl (C=O) groups is 2. The van der Waals surface area contributed by atoms with Gasteiger partial charge >= 0.3 is 0 Å². The molecule has 11 heteroatoms. The average molecular weight is 532 g/mol. The Morgan fingerprint density at radius 1 is 1.05 bits per heavy atom. The zero-order valence-electron chi connectivity index (χ0n) is 20.8. The lowest BCUT2D eigenvalue weighted by Crippen LogP contribution is -2.33. The van der Waals surface area contributed by atoms with Crippen molar-refractivity contribution in [3.8, 4) is 28.7 Å². The Hall–Kier alpha value is -4.25. The number of anilines is 1. The van der Waals surface area contributed by atoms with Gasteiger partial charge in [-0.3, -0.25) is 14.9 Å². The van der Waals surface area contributed by atoms with Gasteiger partial charge in [0.2, 0.25) is 11.8 Å². The van der Waals surface area contributed by atoms with Crippen LogP contribution in [0.15, 0.2) is 53.1 Å². The SMILES string of the molecule is Cc1nnc(-c2ccc(Oc3cc(O[C@@H]4CCN(C5CC5)C4=O)cc(C(=O)Nc4ncc(C)s4)c3)cc2)o1. The molecular weight excluding hydrogens is 506 g/mol. The molecule has 1 saturated carbocycles. The Labute approximate surface area is 222 Å². The Balaban J connectivity index is 1.24. The minimum absolute atomic E-state index is 0.00469. The third-order valence-corrected chi connectivity index (χ3v) is 7.13. The molecule has 6 rings (SSSR count). The largest absolute Gasteiger partial charge is 0.480 e. The van der Waals surface area contributed by atoms with Crippen molar-refractivity contribution in [1.29, 1.82) is 0 Å². The summed E-state index contributed by atoms with van der Waals surface area (Å²) in [6.07, 6.45) is 3.82. The van der Waals surface area contributed by atoms with Gasteiger partial charge in [0.05, 0.1) is 0 Å². The van der Waals surface area contributed by atoms with Crippen molar-refractivity contribution in [3.63, 3.8) is 0 Å². The number of amides is 2. The summed E-state index contributed by atoms with van der Waals surface area (Å²) in [4.78, 5) is 33.0. The molecule has 2 aromatic carbocycles. The molecule has 3 heterocycles. The van der Waals surface area contributed by atoms with Crippen LogP contribution in [0, 0.1) is 13.8 Å². The molecule has 38 heavy (non-hydrogen) atoms. The van der Waals surface area contributed by atoms with Gasteiger partial charge in [-0.2, -0.15) is 0 Å². The van der Waals surface area contributed by atoms with E-state index in [9.17, 15) is 9.59 Å². The predicted molar refractivity (Wildman–Crippen MR) is 140 cm³/mol. The zero-order chi connectivity index (χ0) is 26.2. The molecule has 1 atom stereocenters. The summed E-state index contributed by atoms with van der Waals surface area (Å²) in [6, 6.07) is 12.4. The number of likely N-dealkylation sites (tertiary alicyclic amines) is 1. The maximum atomic E-state index is 13.1. The number of aromatic nitrogens is 3. The van der Waals surface area contributed by atoms with Crippen LogP contribution in [0.4, 0.5) is 5.13 Å². The molecule has 2 amide bonds. The summed E-state index contributed by atoms with van der Waals surface area (Å²) >= 11 is 1.39. The van der Waals surface area contributed by atoms with Gasteiger partial charge in [0.15, 0.2) is 11.2 Å². The summed E-state index contributed by atoms with van der Waals surface area (Å²) in [6.45, 7) is 4.34. The molecule has 1 aliphatic carbocycles. The van der Waals surface area contributed by atoms with E-state index < -0.39 is 6.10 Å². The normalized spacial score (nSPS) is 17.1. The fraction of sp³-hybridized carbons (Fsp3) is 0.296. The Kier molecular flexibility index (Phi) is 6.28. The van der Waals surface area contributed by atoms with Gasteiger partial charge in [-0.1, -0.05) is 0 Å². The van der Waals surface area contributed by atoms with Gasteiger partial charge in [0.25, 0.3) is 11.8 Å². The number of rotatable bonds is 8. The fourth-order valence-corrected chi connectivity index (χ4v) is 4.98. The quantitative estimate of drug-likeness (QED) is 0.337. The number of hydrogen-bond donors (Lipinski definition) is 1. The molecule has 194 valence electrons. The lowest BCUT2D eigenvalue weighted by molar-refractivity contribution is -0.133. The highest BCUT2D eigenvalue weighted by Gasteiger charge is 2.41. The standard InChI is InChI=1S/C27H25N5O5S/c1-15-14-28-27(38-15)29-24(33)18-11-21(36-20-7-3-17(4-8-20)25-31-30-16(2)35-25)13-22(12-18)37-23-9-10-32(26(23)34)19-5-6-19/h3-4,7-8,11-14,19,23H,5-6,9-10H2,1-2H3,(H,28,29,33)/t23-/m1/s1. The maximum absolute atomic E-state index is 13.1. The van der Waals surface area contributed by atoms with E-state index in [2.05, 4.69) is 20.5 Å². The fourth-order valence-electron chi connectivity index (χ4n) is 4.32. The molecule has 10 nitrogen and oxygen atoms in total. The Bertz CT molecular complexity index is 1490. The highest BCUT2D eigenvalue weighted by atomic mass is 32.1. The summed E-state index contributed by atoms with van der Waals surface area (Å²) < 4.78 is 17.7. The first-order valence-electron chi connectivity index (χ1n) is 12.4. The second-order valence-corrected chi connectivity index (χ2v) is 10.6. The van der Waals surface area contributed by atoms with E-state index in [-0.39, 0.29) is 11.8 Å². The minimum atomic E-state index is -0.583. The summed E-state index contributed by atoms with van der Waals surface area (Å²) in [5.74, 6) is 1.87. The third-order valence-electron chi connectivity index (χ3n) is 6.30. The maximum Gasteiger partial charge on any atom is 0.263 e. The van der Waals surface area contributed by atoms with Crippen molar-refractivity contribution in [1.82, 2.24) is 20.1 Å². The molecule has 1 aliphatic heterocycles. The molecular formula is C27H25N5O5S. The van der Waals surface area contributed by atoms with Crippen molar-refractivity contribution in [3.05, 3.63) is 65.0 Å². The van der Waals surface area contributed by atoms with Crippen LogP contribution < -0.4 is 14.8 Å². The van der Waals surface area contributed by atoms with Crippen molar-refractivity contribution in [2.24, 2.45) is 0 Å². The van der Waals surface area contributed by atoms with Crippen LogP contribution in [-0.2, 0) is 4.79 Å². The van der Waals surface area contributed by atoms with Crippen LogP contribution in [0.5, 0.6) is 17.2 Å². The van der Waals surface area contributed by atoms with Crippen molar-refractivity contribution in [2.45, 2.75) is 45.3 Å². The lowest BCUT2D eigenvalue weighted by Gasteiger charge is -2.17. The number of ether oxygens (including phenoxy) is 2. The third kappa shape index (κ3) is 5.23. The summed E-state index contributed by atoms with van der Waals surface area (Å²) in [7, 11) is 0. The van der Waals surface area contributed by atoms with Crippen molar-refractivity contribution < 1.29 is 23.5 Å². The molecule has 2 aliphatic rings. The van der Waals surface area contributed by atoms with Gasteiger partial charge in [0.1, 0.15) is 17.2 Å². The van der Waals surface area contributed by atoms with Crippen molar-refractivity contribution >= 4 is 28.3 Å². The Morgan fingerprint density at radius 3 is 2.53 bits per heavy atom. The van der Waals surface area contributed by atoms with Gasteiger partial charge in [-0.25, -0.2) is 4.98 Å². The second-order valence-electron chi connectivity index (χ2n) is 9.33. The van der Waals surface area contributed by atoms with Crippen LogP contribution >= 0.6 is 11.3 Å². The number of hydrogen-bond acceptors (Lipinski definition) is 9. The number of nitrogens with one attached hydrogen (secondary N) is 1. The molecule has 0 radical (unpaired) electrons. The van der Waals surface area contributed by atoms with E-state index in [0.29, 0.717) is 58.7 Å². The van der Waals surface area contributed by atoms with Crippen molar-refractivity contribution in [2.75, 3.05) is 11.9 Å². The minimum Gasteiger partial charge on any atom is -0.480 e. The molecule has 1 N–H and O–H groups in total. The first kappa shape index (κ1) is 24.1. The molecule has 1 saturated heterocycles. The van der Waals surface area contributed by atoms with E-state index in [1.54, 1.807) is 43.5 Å². The van der Waals surface area contributed by atoms with Crippen LogP contribution in [0.25, 0.3) is 11.5 Å². The first-order chi connectivity index (χ1) is 18.4. The number of benzene rings is 2. The number of thiazole rings is 1.